The largest absolute Gasteiger partial charge is 0.481 e. The Balaban J connectivity index is 1.62. The second-order valence-corrected chi connectivity index (χ2v) is 8.32. The fraction of sp³-hybridized carbons (Fsp3) is 0.789. The summed E-state index contributed by atoms with van der Waals surface area (Å²) in [6, 6.07) is 0. The standard InChI is InChI=1S/C19H26O3/c1-19-9-8-14-13-5-3-12(20)10-11(13)2-4-15(14)16(19)6-7-17(19)18(21)22/h10,13-17H,2-9H2,1H3,(H,21,22). The quantitative estimate of drug-likeness (QED) is 0.801. The van der Waals surface area contributed by atoms with Gasteiger partial charge in [0.25, 0.3) is 0 Å². The predicted octanol–water partition coefficient (Wildman–Crippen LogP) is 3.83. The van der Waals surface area contributed by atoms with Crippen molar-refractivity contribution in [2.45, 2.75) is 58.3 Å². The molecule has 3 nitrogen and oxygen atoms in total. The molecular weight excluding hydrogens is 276 g/mol. The van der Waals surface area contributed by atoms with Gasteiger partial charge in [0.2, 0.25) is 0 Å². The zero-order chi connectivity index (χ0) is 15.5. The molecule has 4 aliphatic rings. The zero-order valence-electron chi connectivity index (χ0n) is 13.4. The molecule has 1 N–H and O–H groups in total. The van der Waals surface area contributed by atoms with E-state index in [0.29, 0.717) is 29.5 Å². The van der Waals surface area contributed by atoms with Gasteiger partial charge in [0.1, 0.15) is 0 Å². The van der Waals surface area contributed by atoms with E-state index in [1.807, 2.05) is 6.08 Å². The maximum Gasteiger partial charge on any atom is 0.307 e. The third-order valence-electron chi connectivity index (χ3n) is 7.60. The van der Waals surface area contributed by atoms with Crippen LogP contribution in [0.5, 0.6) is 0 Å². The van der Waals surface area contributed by atoms with E-state index in [0.717, 1.165) is 44.9 Å². The molecule has 3 heteroatoms. The summed E-state index contributed by atoms with van der Waals surface area (Å²) in [4.78, 5) is 23.3. The van der Waals surface area contributed by atoms with Crippen LogP contribution in [-0.4, -0.2) is 16.9 Å². The Morgan fingerprint density at radius 3 is 2.73 bits per heavy atom. The van der Waals surface area contributed by atoms with Gasteiger partial charge in [0, 0.05) is 6.42 Å². The monoisotopic (exact) mass is 302 g/mol. The Hall–Kier alpha value is -1.12. The molecule has 3 fully saturated rings. The van der Waals surface area contributed by atoms with Crippen molar-refractivity contribution in [3.05, 3.63) is 11.6 Å². The predicted molar refractivity (Wildman–Crippen MR) is 83.2 cm³/mol. The van der Waals surface area contributed by atoms with Crippen molar-refractivity contribution in [3.8, 4) is 0 Å². The Morgan fingerprint density at radius 2 is 1.95 bits per heavy atom. The summed E-state index contributed by atoms with van der Waals surface area (Å²) in [6.07, 6.45) is 10.1. The Kier molecular flexibility index (Phi) is 3.25. The molecule has 0 heterocycles. The van der Waals surface area contributed by atoms with E-state index in [4.69, 9.17) is 0 Å². The first-order valence-electron chi connectivity index (χ1n) is 8.97. The maximum atomic E-state index is 11.7. The highest BCUT2D eigenvalue weighted by atomic mass is 16.4. The summed E-state index contributed by atoms with van der Waals surface area (Å²) in [6.45, 7) is 2.25. The number of carboxylic acids is 1. The smallest absolute Gasteiger partial charge is 0.307 e. The second-order valence-electron chi connectivity index (χ2n) is 8.32. The van der Waals surface area contributed by atoms with Crippen molar-refractivity contribution in [1.29, 1.82) is 0 Å². The number of carbonyl (C=O) groups is 2. The highest BCUT2D eigenvalue weighted by Crippen LogP contribution is 2.63. The Morgan fingerprint density at radius 1 is 1.14 bits per heavy atom. The molecule has 4 aliphatic carbocycles. The van der Waals surface area contributed by atoms with Crippen LogP contribution < -0.4 is 0 Å². The van der Waals surface area contributed by atoms with Crippen molar-refractivity contribution in [1.82, 2.24) is 0 Å². The van der Waals surface area contributed by atoms with Crippen molar-refractivity contribution < 1.29 is 14.7 Å². The highest BCUT2D eigenvalue weighted by molar-refractivity contribution is 5.91. The van der Waals surface area contributed by atoms with Crippen LogP contribution in [0.1, 0.15) is 58.3 Å². The zero-order valence-corrected chi connectivity index (χ0v) is 13.4. The fourth-order valence-electron chi connectivity index (χ4n) is 6.59. The average Bonchev–Trinajstić information content (AvgIpc) is 2.84. The Bertz CT molecular complexity index is 549. The first-order valence-corrected chi connectivity index (χ1v) is 8.97. The summed E-state index contributed by atoms with van der Waals surface area (Å²) < 4.78 is 0. The average molecular weight is 302 g/mol. The van der Waals surface area contributed by atoms with Crippen molar-refractivity contribution in [3.63, 3.8) is 0 Å². The normalized spacial score (nSPS) is 47.2. The van der Waals surface area contributed by atoms with Crippen LogP contribution >= 0.6 is 0 Å². The molecule has 120 valence electrons. The third kappa shape index (κ3) is 1.93. The molecule has 0 radical (unpaired) electrons. The van der Waals surface area contributed by atoms with E-state index in [1.165, 1.54) is 12.0 Å². The molecule has 0 aliphatic heterocycles. The number of rotatable bonds is 1. The number of hydrogen-bond donors (Lipinski definition) is 1. The van der Waals surface area contributed by atoms with E-state index in [2.05, 4.69) is 6.92 Å². The summed E-state index contributed by atoms with van der Waals surface area (Å²) in [5.41, 5.74) is 1.42. The number of allylic oxidation sites excluding steroid dienone is 1. The van der Waals surface area contributed by atoms with Gasteiger partial charge in [-0.05, 0) is 80.1 Å². The van der Waals surface area contributed by atoms with E-state index in [-0.39, 0.29) is 11.3 Å². The third-order valence-corrected chi connectivity index (χ3v) is 7.60. The number of aliphatic carboxylic acids is 1. The molecule has 0 aromatic heterocycles. The van der Waals surface area contributed by atoms with E-state index >= 15 is 0 Å². The van der Waals surface area contributed by atoms with Gasteiger partial charge in [0.15, 0.2) is 5.78 Å². The molecule has 0 bridgehead atoms. The second kappa shape index (κ2) is 4.94. The molecule has 0 spiro atoms. The molecule has 0 aromatic rings. The van der Waals surface area contributed by atoms with Crippen LogP contribution in [-0.2, 0) is 9.59 Å². The molecule has 6 unspecified atom stereocenters. The van der Waals surface area contributed by atoms with E-state index in [9.17, 15) is 14.7 Å². The van der Waals surface area contributed by atoms with Crippen molar-refractivity contribution in [2.24, 2.45) is 35.0 Å². The lowest BCUT2D eigenvalue weighted by Gasteiger charge is -2.53. The number of fused-ring (bicyclic) bond motifs is 5. The summed E-state index contributed by atoms with van der Waals surface area (Å²) in [7, 11) is 0. The fourth-order valence-corrected chi connectivity index (χ4v) is 6.59. The lowest BCUT2D eigenvalue weighted by atomic mass is 9.51. The molecule has 22 heavy (non-hydrogen) atoms. The molecular formula is C19H26O3. The van der Waals surface area contributed by atoms with Crippen LogP contribution in [0.2, 0.25) is 0 Å². The summed E-state index contributed by atoms with van der Waals surface area (Å²) in [5.74, 6) is 2.21. The van der Waals surface area contributed by atoms with Crippen LogP contribution in [0.25, 0.3) is 0 Å². The van der Waals surface area contributed by atoms with Crippen LogP contribution in [0, 0.1) is 35.0 Å². The van der Waals surface area contributed by atoms with Crippen molar-refractivity contribution >= 4 is 11.8 Å². The van der Waals surface area contributed by atoms with Gasteiger partial charge in [-0.3, -0.25) is 9.59 Å². The number of hydrogen-bond acceptors (Lipinski definition) is 2. The van der Waals surface area contributed by atoms with Crippen LogP contribution in [0.4, 0.5) is 0 Å². The molecule has 0 amide bonds. The highest BCUT2D eigenvalue weighted by Gasteiger charge is 2.57. The van der Waals surface area contributed by atoms with Gasteiger partial charge in [-0.15, -0.1) is 0 Å². The minimum Gasteiger partial charge on any atom is -0.481 e. The Labute approximate surface area is 132 Å². The first-order chi connectivity index (χ1) is 10.5. The van der Waals surface area contributed by atoms with E-state index < -0.39 is 5.97 Å². The van der Waals surface area contributed by atoms with Gasteiger partial charge < -0.3 is 5.11 Å². The molecule has 3 saturated carbocycles. The number of carboxylic acid groups (broad SMARTS) is 1. The minimum absolute atomic E-state index is 0.0126. The molecule has 0 aromatic carbocycles. The van der Waals surface area contributed by atoms with Gasteiger partial charge >= 0.3 is 5.97 Å². The van der Waals surface area contributed by atoms with Gasteiger partial charge in [-0.2, -0.15) is 0 Å². The molecule has 6 atom stereocenters. The summed E-state index contributed by atoms with van der Waals surface area (Å²) in [5, 5.41) is 9.58. The van der Waals surface area contributed by atoms with Crippen LogP contribution in [0.15, 0.2) is 11.6 Å². The van der Waals surface area contributed by atoms with Gasteiger partial charge in [-0.25, -0.2) is 0 Å². The minimum atomic E-state index is -0.580. The SMILES string of the molecule is CC12CCC3C4CCC(=O)C=C4CCC3C1CCC2C(=O)O. The lowest BCUT2D eigenvalue weighted by Crippen LogP contribution is -2.47. The molecule has 4 rings (SSSR count). The van der Waals surface area contributed by atoms with Gasteiger partial charge in [-0.1, -0.05) is 12.5 Å². The van der Waals surface area contributed by atoms with Gasteiger partial charge in [0.05, 0.1) is 5.92 Å². The van der Waals surface area contributed by atoms with Crippen molar-refractivity contribution in [2.75, 3.05) is 0 Å². The number of ketones is 1. The van der Waals surface area contributed by atoms with Crippen LogP contribution in [0.3, 0.4) is 0 Å². The lowest BCUT2D eigenvalue weighted by molar-refractivity contribution is -0.148. The summed E-state index contributed by atoms with van der Waals surface area (Å²) >= 11 is 0. The van der Waals surface area contributed by atoms with E-state index in [1.54, 1.807) is 0 Å². The molecule has 0 saturated heterocycles. The number of carbonyl (C=O) groups excluding carboxylic acids is 1. The topological polar surface area (TPSA) is 54.4 Å². The first kappa shape index (κ1) is 14.5. The maximum absolute atomic E-state index is 11.7.